The van der Waals surface area contributed by atoms with E-state index in [1.807, 2.05) is 0 Å². The van der Waals surface area contributed by atoms with E-state index < -0.39 is 0 Å². The molecule has 9 aromatic carbocycles. The molecule has 0 unspecified atom stereocenters. The Bertz CT molecular complexity index is 3280. The molecule has 12 rings (SSSR count). The second-order valence-electron chi connectivity index (χ2n) is 16.5. The first kappa shape index (κ1) is 33.7. The van der Waals surface area contributed by atoms with Crippen molar-refractivity contribution < 1.29 is 0 Å². The fourth-order valence-electron chi connectivity index (χ4n) is 10.2. The number of benzene rings is 9. The minimum absolute atomic E-state index is 0.104. The topological polar surface area (TPSA) is 9.86 Å². The number of rotatable bonds is 5. The quantitative estimate of drug-likeness (QED) is 0.166. The van der Waals surface area contributed by atoms with Gasteiger partial charge in [-0.25, -0.2) is 0 Å². The molecule has 0 bridgehead atoms. The summed E-state index contributed by atoms with van der Waals surface area (Å²) in [4.78, 5) is 0. The number of nitrogens with zero attached hydrogens (tertiary/aromatic N) is 2. The maximum Gasteiger partial charge on any atom is 0.0619 e. The van der Waals surface area contributed by atoms with E-state index in [1.54, 1.807) is 0 Å². The van der Waals surface area contributed by atoms with Crippen molar-refractivity contribution in [3.8, 4) is 55.9 Å². The zero-order valence-corrected chi connectivity index (χ0v) is 33.0. The highest BCUT2D eigenvalue weighted by molar-refractivity contribution is 6.16. The van der Waals surface area contributed by atoms with Gasteiger partial charge in [-0.3, -0.25) is 0 Å². The van der Waals surface area contributed by atoms with Gasteiger partial charge in [-0.2, -0.15) is 0 Å². The van der Waals surface area contributed by atoms with Crippen molar-refractivity contribution in [3.05, 3.63) is 217 Å². The first-order valence-corrected chi connectivity index (χ1v) is 20.6. The van der Waals surface area contributed by atoms with Crippen molar-refractivity contribution in [2.45, 2.75) is 19.3 Å². The van der Waals surface area contributed by atoms with E-state index in [9.17, 15) is 0 Å². The molecule has 0 N–H and O–H groups in total. The summed E-state index contributed by atoms with van der Waals surface area (Å²) in [7, 11) is 0. The molecule has 1 aliphatic carbocycles. The lowest BCUT2D eigenvalue weighted by atomic mass is 9.81. The third kappa shape index (κ3) is 5.00. The van der Waals surface area contributed by atoms with Crippen molar-refractivity contribution in [2.24, 2.45) is 0 Å². The summed E-state index contributed by atoms with van der Waals surface area (Å²) in [5, 5.41) is 5.00. The maximum absolute atomic E-state index is 2.46. The van der Waals surface area contributed by atoms with Gasteiger partial charge in [0, 0.05) is 49.5 Å². The molecule has 0 amide bonds. The van der Waals surface area contributed by atoms with Crippen LogP contribution in [0.3, 0.4) is 0 Å². The molecule has 0 saturated carbocycles. The predicted octanol–water partition coefficient (Wildman–Crippen LogP) is 15.2. The summed E-state index contributed by atoms with van der Waals surface area (Å²) in [6, 6.07) is 76.3. The lowest BCUT2D eigenvalue weighted by molar-refractivity contribution is 0.660. The van der Waals surface area contributed by atoms with Crippen LogP contribution in [0.5, 0.6) is 0 Å². The molecule has 0 radical (unpaired) electrons. The zero-order chi connectivity index (χ0) is 39.2. The zero-order valence-electron chi connectivity index (χ0n) is 33.0. The Morgan fingerprint density at radius 2 is 0.746 bits per heavy atom. The van der Waals surface area contributed by atoms with Crippen molar-refractivity contribution in [3.63, 3.8) is 0 Å². The second-order valence-corrected chi connectivity index (χ2v) is 16.5. The maximum atomic E-state index is 2.46. The molecule has 0 spiro atoms. The molecule has 0 saturated heterocycles. The van der Waals surface area contributed by atoms with Crippen LogP contribution in [0.1, 0.15) is 25.0 Å². The molecular weight excluding hydrogens is 713 g/mol. The molecule has 2 nitrogen and oxygen atoms in total. The van der Waals surface area contributed by atoms with Crippen molar-refractivity contribution >= 4 is 43.6 Å². The van der Waals surface area contributed by atoms with Crippen LogP contribution in [-0.4, -0.2) is 9.13 Å². The number of hydrogen-bond acceptors (Lipinski definition) is 0. The van der Waals surface area contributed by atoms with Gasteiger partial charge in [0.2, 0.25) is 0 Å². The Kier molecular flexibility index (Phi) is 7.31. The highest BCUT2D eigenvalue weighted by Gasteiger charge is 2.35. The molecule has 11 aromatic rings. The van der Waals surface area contributed by atoms with E-state index in [0.29, 0.717) is 0 Å². The first-order chi connectivity index (χ1) is 29.0. The van der Waals surface area contributed by atoms with Crippen LogP contribution in [0.2, 0.25) is 0 Å². The molecule has 0 fully saturated rings. The third-order valence-corrected chi connectivity index (χ3v) is 12.9. The number of aromatic nitrogens is 2. The van der Waals surface area contributed by atoms with Gasteiger partial charge in [0.15, 0.2) is 0 Å². The highest BCUT2D eigenvalue weighted by Crippen LogP contribution is 2.50. The minimum atomic E-state index is -0.104. The largest absolute Gasteiger partial charge is 0.309 e. The van der Waals surface area contributed by atoms with Gasteiger partial charge in [-0.15, -0.1) is 0 Å². The Hall–Kier alpha value is -7.42. The minimum Gasteiger partial charge on any atom is -0.309 e. The molecule has 59 heavy (non-hydrogen) atoms. The van der Waals surface area contributed by atoms with Gasteiger partial charge >= 0.3 is 0 Å². The van der Waals surface area contributed by atoms with E-state index in [2.05, 4.69) is 229 Å². The summed E-state index contributed by atoms with van der Waals surface area (Å²) in [5.41, 5.74) is 19.7. The van der Waals surface area contributed by atoms with Gasteiger partial charge < -0.3 is 9.13 Å². The van der Waals surface area contributed by atoms with Gasteiger partial charge in [-0.05, 0) is 105 Å². The number of hydrogen-bond donors (Lipinski definition) is 0. The van der Waals surface area contributed by atoms with Crippen molar-refractivity contribution in [1.29, 1.82) is 0 Å². The van der Waals surface area contributed by atoms with Gasteiger partial charge in [-0.1, -0.05) is 159 Å². The molecule has 278 valence electrons. The molecular formula is C57H40N2. The van der Waals surface area contributed by atoms with E-state index in [1.165, 1.54) is 99.2 Å². The SMILES string of the molecule is CC1(C)c2ccccc2-c2ccc(-c3cc(-c4cccc5c6ccccc6n(-c6ccccc6)c45)cc(-c4cccc5c6ccccc6n(-c6ccccc6)c45)c3)cc21. The Morgan fingerprint density at radius 3 is 1.32 bits per heavy atom. The Morgan fingerprint density at radius 1 is 0.305 bits per heavy atom. The first-order valence-electron chi connectivity index (χ1n) is 20.6. The van der Waals surface area contributed by atoms with Crippen LogP contribution in [-0.2, 0) is 5.41 Å². The van der Waals surface area contributed by atoms with Crippen LogP contribution < -0.4 is 0 Å². The lowest BCUT2D eigenvalue weighted by Crippen LogP contribution is -2.14. The van der Waals surface area contributed by atoms with Crippen LogP contribution in [0, 0.1) is 0 Å². The van der Waals surface area contributed by atoms with E-state index in [4.69, 9.17) is 0 Å². The standard InChI is InChI=1S/C57H40N2/c1-57(2)51-28-12-9-21-45(51)46-32-31-37(36-52(46)57)38-33-39(43-24-15-26-49-47-22-10-13-29-53(47)58(55(43)49)41-17-5-3-6-18-41)35-40(34-38)44-25-16-27-50-48-23-11-14-30-54(48)59(56(44)50)42-19-7-4-8-20-42/h3-36H,1-2H3. The molecule has 2 aromatic heterocycles. The summed E-state index contributed by atoms with van der Waals surface area (Å²) in [6.07, 6.45) is 0. The highest BCUT2D eigenvalue weighted by atomic mass is 15.0. The summed E-state index contributed by atoms with van der Waals surface area (Å²) in [5.74, 6) is 0. The Balaban J connectivity index is 1.17. The molecule has 0 atom stereocenters. The predicted molar refractivity (Wildman–Crippen MR) is 249 cm³/mol. The fourth-order valence-corrected chi connectivity index (χ4v) is 10.2. The van der Waals surface area contributed by atoms with Crippen LogP contribution in [0.4, 0.5) is 0 Å². The van der Waals surface area contributed by atoms with E-state index >= 15 is 0 Å². The second kappa shape index (κ2) is 12.8. The number of fused-ring (bicyclic) bond motifs is 9. The van der Waals surface area contributed by atoms with Gasteiger partial charge in [0.1, 0.15) is 0 Å². The van der Waals surface area contributed by atoms with Crippen LogP contribution in [0.15, 0.2) is 206 Å². The molecule has 1 aliphatic rings. The molecule has 2 heteroatoms. The molecule has 2 heterocycles. The third-order valence-electron chi connectivity index (χ3n) is 12.9. The lowest BCUT2D eigenvalue weighted by Gasteiger charge is -2.22. The smallest absolute Gasteiger partial charge is 0.0619 e. The normalized spacial score (nSPS) is 13.1. The average molecular weight is 753 g/mol. The van der Waals surface area contributed by atoms with Crippen molar-refractivity contribution in [2.75, 3.05) is 0 Å². The van der Waals surface area contributed by atoms with Gasteiger partial charge in [0.25, 0.3) is 0 Å². The summed E-state index contributed by atoms with van der Waals surface area (Å²) >= 11 is 0. The van der Waals surface area contributed by atoms with Gasteiger partial charge in [0.05, 0.1) is 22.1 Å². The number of para-hydroxylation sites is 6. The van der Waals surface area contributed by atoms with E-state index in [0.717, 1.165) is 11.4 Å². The van der Waals surface area contributed by atoms with E-state index in [-0.39, 0.29) is 5.41 Å². The summed E-state index contributed by atoms with van der Waals surface area (Å²) in [6.45, 7) is 4.74. The summed E-state index contributed by atoms with van der Waals surface area (Å²) < 4.78 is 4.91. The fraction of sp³-hybridized carbons (Fsp3) is 0.0526. The Labute approximate surface area is 343 Å². The monoisotopic (exact) mass is 752 g/mol. The average Bonchev–Trinajstić information content (AvgIpc) is 3.90. The van der Waals surface area contributed by atoms with Crippen LogP contribution in [0.25, 0.3) is 99.5 Å². The van der Waals surface area contributed by atoms with Crippen molar-refractivity contribution in [1.82, 2.24) is 9.13 Å². The molecule has 0 aliphatic heterocycles. The van der Waals surface area contributed by atoms with Crippen LogP contribution >= 0.6 is 0 Å².